The van der Waals surface area contributed by atoms with E-state index in [0.717, 1.165) is 44.9 Å². The molecule has 0 radical (unpaired) electrons. The second-order valence-corrected chi connectivity index (χ2v) is 10.4. The molecule has 3 nitrogen and oxygen atoms in total. The van der Waals surface area contributed by atoms with Gasteiger partial charge in [-0.05, 0) is 97.8 Å². The highest BCUT2D eigenvalue weighted by Gasteiger charge is 2.60. The molecule has 29 heavy (non-hydrogen) atoms. The molecule has 162 valence electrons. The van der Waals surface area contributed by atoms with Crippen LogP contribution in [0.15, 0.2) is 18.2 Å². The zero-order chi connectivity index (χ0) is 20.5. The molecule has 0 spiro atoms. The number of aromatic hydroxyl groups is 1. The summed E-state index contributed by atoms with van der Waals surface area (Å²) in [5, 5.41) is 30.5. The molecule has 5 atom stereocenters. The van der Waals surface area contributed by atoms with Crippen molar-refractivity contribution in [3.05, 3.63) is 29.3 Å². The number of aliphatic hydroxyl groups is 2. The number of fused-ring (bicyclic) bond motifs is 5. The first kappa shape index (κ1) is 21.2. The van der Waals surface area contributed by atoms with Gasteiger partial charge in [0, 0.05) is 6.61 Å². The number of phenolic OH excluding ortho intramolecular Hbond substituents is 1. The average molecular weight is 401 g/mol. The molecule has 2 saturated carbocycles. The first-order chi connectivity index (χ1) is 14.0. The molecule has 0 saturated heterocycles. The fraction of sp³-hybridized carbons (Fsp3) is 0.769. The minimum atomic E-state index is -0.483. The number of aliphatic hydroxyl groups excluding tert-OH is 1. The number of hydrogen-bond acceptors (Lipinski definition) is 3. The van der Waals surface area contributed by atoms with Crippen molar-refractivity contribution in [2.75, 3.05) is 6.61 Å². The molecule has 2 fully saturated rings. The quantitative estimate of drug-likeness (QED) is 0.490. The van der Waals surface area contributed by atoms with Crippen LogP contribution in [0.5, 0.6) is 5.75 Å². The molecular formula is C26H40O3. The molecule has 0 bridgehead atoms. The summed E-state index contributed by atoms with van der Waals surface area (Å²) in [7, 11) is 0. The van der Waals surface area contributed by atoms with Crippen LogP contribution >= 0.6 is 0 Å². The van der Waals surface area contributed by atoms with Crippen molar-refractivity contribution >= 4 is 0 Å². The SMILES string of the molecule is C[C@]12CC[C@@H]3c4ccc(O)cc4CC[C@H]3[C@@H]1CC[C@@]2(O)CCCCCCCCO. The summed E-state index contributed by atoms with van der Waals surface area (Å²) in [6, 6.07) is 6.01. The summed E-state index contributed by atoms with van der Waals surface area (Å²) in [5.41, 5.74) is 2.41. The third kappa shape index (κ3) is 3.85. The molecular weight excluding hydrogens is 360 g/mol. The highest BCUT2D eigenvalue weighted by molar-refractivity contribution is 5.40. The Bertz CT molecular complexity index is 701. The highest BCUT2D eigenvalue weighted by Crippen LogP contribution is 2.65. The van der Waals surface area contributed by atoms with Gasteiger partial charge in [0.05, 0.1) is 5.60 Å². The van der Waals surface area contributed by atoms with E-state index in [4.69, 9.17) is 5.11 Å². The molecule has 3 aliphatic carbocycles. The Labute approximate surface area is 176 Å². The molecule has 0 amide bonds. The normalized spacial score (nSPS) is 35.8. The lowest BCUT2D eigenvalue weighted by atomic mass is 9.53. The van der Waals surface area contributed by atoms with Crippen molar-refractivity contribution in [3.8, 4) is 5.75 Å². The molecule has 4 rings (SSSR count). The molecule has 0 aromatic heterocycles. The van der Waals surface area contributed by atoms with Crippen LogP contribution in [0.1, 0.15) is 101 Å². The van der Waals surface area contributed by atoms with Gasteiger partial charge in [0.1, 0.15) is 5.75 Å². The fourth-order valence-electron chi connectivity index (χ4n) is 7.33. The Morgan fingerprint density at radius 2 is 1.72 bits per heavy atom. The lowest BCUT2D eigenvalue weighted by molar-refractivity contribution is -0.108. The van der Waals surface area contributed by atoms with E-state index in [9.17, 15) is 10.2 Å². The van der Waals surface area contributed by atoms with Gasteiger partial charge in [-0.1, -0.05) is 45.1 Å². The summed E-state index contributed by atoms with van der Waals surface area (Å²) in [5.74, 6) is 2.34. The smallest absolute Gasteiger partial charge is 0.115 e. The van der Waals surface area contributed by atoms with Crippen molar-refractivity contribution in [1.29, 1.82) is 0 Å². The zero-order valence-electron chi connectivity index (χ0n) is 18.2. The van der Waals surface area contributed by atoms with Crippen LogP contribution < -0.4 is 0 Å². The fourth-order valence-corrected chi connectivity index (χ4v) is 7.33. The van der Waals surface area contributed by atoms with Gasteiger partial charge in [0.2, 0.25) is 0 Å². The largest absolute Gasteiger partial charge is 0.508 e. The van der Waals surface area contributed by atoms with Crippen molar-refractivity contribution in [3.63, 3.8) is 0 Å². The minimum Gasteiger partial charge on any atom is -0.508 e. The molecule has 3 heteroatoms. The maximum absolute atomic E-state index is 11.7. The van der Waals surface area contributed by atoms with Crippen LogP contribution in [0.4, 0.5) is 0 Å². The average Bonchev–Trinajstić information content (AvgIpc) is 2.98. The van der Waals surface area contributed by atoms with Crippen LogP contribution in [0.3, 0.4) is 0 Å². The van der Waals surface area contributed by atoms with Gasteiger partial charge in [-0.25, -0.2) is 0 Å². The van der Waals surface area contributed by atoms with Gasteiger partial charge in [-0.3, -0.25) is 0 Å². The van der Waals surface area contributed by atoms with Gasteiger partial charge in [-0.2, -0.15) is 0 Å². The van der Waals surface area contributed by atoms with E-state index in [-0.39, 0.29) is 5.41 Å². The third-order valence-corrected chi connectivity index (χ3v) is 9.03. The number of benzene rings is 1. The Morgan fingerprint density at radius 1 is 0.966 bits per heavy atom. The molecule has 0 heterocycles. The van der Waals surface area contributed by atoms with Crippen molar-refractivity contribution < 1.29 is 15.3 Å². The molecule has 0 unspecified atom stereocenters. The number of unbranched alkanes of at least 4 members (excludes halogenated alkanes) is 5. The van der Waals surface area contributed by atoms with Gasteiger partial charge in [0.25, 0.3) is 0 Å². The topological polar surface area (TPSA) is 60.7 Å². The molecule has 1 aromatic carbocycles. The monoisotopic (exact) mass is 400 g/mol. The Kier molecular flexibility index (Phi) is 6.27. The molecule has 0 aliphatic heterocycles. The highest BCUT2D eigenvalue weighted by atomic mass is 16.3. The van der Waals surface area contributed by atoms with Gasteiger partial charge < -0.3 is 15.3 Å². The number of rotatable bonds is 8. The maximum atomic E-state index is 11.7. The van der Waals surface area contributed by atoms with Crippen LogP contribution in [0.2, 0.25) is 0 Å². The second kappa shape index (κ2) is 8.59. The first-order valence-electron chi connectivity index (χ1n) is 12.1. The maximum Gasteiger partial charge on any atom is 0.115 e. The van der Waals surface area contributed by atoms with Crippen LogP contribution in [-0.4, -0.2) is 27.5 Å². The number of hydrogen-bond donors (Lipinski definition) is 3. The van der Waals surface area contributed by atoms with E-state index in [1.54, 1.807) is 0 Å². The van der Waals surface area contributed by atoms with Crippen molar-refractivity contribution in [2.45, 2.75) is 102 Å². The van der Waals surface area contributed by atoms with Gasteiger partial charge >= 0.3 is 0 Å². The summed E-state index contributed by atoms with van der Waals surface area (Å²) in [6.45, 7) is 2.71. The Morgan fingerprint density at radius 3 is 2.52 bits per heavy atom. The predicted octanol–water partition coefficient (Wildman–Crippen LogP) is 5.70. The van der Waals surface area contributed by atoms with Crippen LogP contribution in [0, 0.1) is 17.3 Å². The molecule has 1 aromatic rings. The summed E-state index contributed by atoms with van der Waals surface area (Å²) < 4.78 is 0. The minimum absolute atomic E-state index is 0.0689. The van der Waals surface area contributed by atoms with E-state index in [0.29, 0.717) is 30.1 Å². The van der Waals surface area contributed by atoms with Gasteiger partial charge in [0.15, 0.2) is 0 Å². The molecule has 3 N–H and O–H groups in total. The van der Waals surface area contributed by atoms with E-state index < -0.39 is 5.60 Å². The summed E-state index contributed by atoms with van der Waals surface area (Å²) >= 11 is 0. The van der Waals surface area contributed by atoms with E-state index in [1.807, 2.05) is 12.1 Å². The third-order valence-electron chi connectivity index (χ3n) is 9.03. The Balaban J connectivity index is 1.39. The number of phenols is 1. The van der Waals surface area contributed by atoms with E-state index in [2.05, 4.69) is 13.0 Å². The molecule has 3 aliphatic rings. The lowest BCUT2D eigenvalue weighted by Gasteiger charge is -2.53. The first-order valence-corrected chi connectivity index (χ1v) is 12.1. The summed E-state index contributed by atoms with van der Waals surface area (Å²) in [4.78, 5) is 0. The number of aryl methyl sites for hydroxylation is 1. The van der Waals surface area contributed by atoms with Crippen LogP contribution in [-0.2, 0) is 6.42 Å². The lowest BCUT2D eigenvalue weighted by Crippen LogP contribution is -2.50. The van der Waals surface area contributed by atoms with Crippen molar-refractivity contribution in [1.82, 2.24) is 0 Å². The van der Waals surface area contributed by atoms with Crippen LogP contribution in [0.25, 0.3) is 0 Å². The van der Waals surface area contributed by atoms with E-state index in [1.165, 1.54) is 49.7 Å². The van der Waals surface area contributed by atoms with Gasteiger partial charge in [-0.15, -0.1) is 0 Å². The Hall–Kier alpha value is -1.06. The second-order valence-electron chi connectivity index (χ2n) is 10.4. The van der Waals surface area contributed by atoms with E-state index >= 15 is 0 Å². The summed E-state index contributed by atoms with van der Waals surface area (Å²) in [6.07, 6.45) is 14.5. The standard InChI is InChI=1S/C26H40O3/c1-25-15-12-22-21-11-9-20(28)18-19(21)8-10-23(22)24(25)13-16-26(25,29)14-6-4-2-3-5-7-17-27/h9,11,18,22-24,27-29H,2-8,10,12-17H2,1H3/t22-,23-,24+,25+,26+/m1/s1. The predicted molar refractivity (Wildman–Crippen MR) is 117 cm³/mol. The van der Waals surface area contributed by atoms with Crippen molar-refractivity contribution in [2.24, 2.45) is 17.3 Å². The zero-order valence-corrected chi connectivity index (χ0v) is 18.2.